The minimum atomic E-state index is -1.57. The number of halogens is 1. The van der Waals surface area contributed by atoms with Crippen molar-refractivity contribution in [2.24, 2.45) is 0 Å². The van der Waals surface area contributed by atoms with Crippen molar-refractivity contribution in [3.8, 4) is 0 Å². The van der Waals surface area contributed by atoms with E-state index in [4.69, 9.17) is 4.74 Å². The second-order valence-corrected chi connectivity index (χ2v) is 17.4. The second kappa shape index (κ2) is 23.5. The van der Waals surface area contributed by atoms with Gasteiger partial charge in [-0.25, -0.2) is 14.1 Å². The molecule has 0 saturated carbocycles. The molecule has 4 aromatic rings. The molecule has 13 heteroatoms. The van der Waals surface area contributed by atoms with Crippen LogP contribution < -0.4 is 16.0 Å². The Kier molecular flexibility index (Phi) is 17.4. The minimum Gasteiger partial charge on any atom is -0.427 e. The van der Waals surface area contributed by atoms with Crippen LogP contribution >= 0.6 is 0 Å². The molecule has 0 unspecified atom stereocenters. The monoisotopic (exact) mass is 887 g/mol. The number of carbonyl (C=O) groups excluding carboxylic acids is 6. The Morgan fingerprint density at radius 3 is 2.05 bits per heavy atom. The third-order valence-electron chi connectivity index (χ3n) is 12.3. The molecule has 4 aromatic carbocycles. The Labute approximate surface area is 381 Å². The Bertz CT molecular complexity index is 2270. The molecule has 2 atom stereocenters. The van der Waals surface area contributed by atoms with Gasteiger partial charge < -0.3 is 25.6 Å². The van der Waals surface area contributed by atoms with Crippen LogP contribution in [0.3, 0.4) is 0 Å². The number of amides is 6. The van der Waals surface area contributed by atoms with Crippen molar-refractivity contribution in [2.75, 3.05) is 23.7 Å². The largest absolute Gasteiger partial charge is 0.427 e. The van der Waals surface area contributed by atoms with Crippen LogP contribution in [0.25, 0.3) is 0 Å². The average Bonchev–Trinajstić information content (AvgIpc) is 3.77. The maximum atomic E-state index is 14.0. The molecule has 1 spiro atoms. The van der Waals surface area contributed by atoms with Crippen LogP contribution in [0.1, 0.15) is 119 Å². The van der Waals surface area contributed by atoms with Crippen molar-refractivity contribution in [3.05, 3.63) is 131 Å². The third-order valence-corrected chi connectivity index (χ3v) is 12.3. The maximum absolute atomic E-state index is 14.0. The van der Waals surface area contributed by atoms with Crippen LogP contribution in [-0.4, -0.2) is 64.6 Å². The van der Waals surface area contributed by atoms with E-state index in [2.05, 4.69) is 46.3 Å². The number of rotatable bonds is 24. The summed E-state index contributed by atoms with van der Waals surface area (Å²) in [5.41, 5.74) is 3.93. The van der Waals surface area contributed by atoms with Crippen LogP contribution in [-0.2, 0) is 60.1 Å². The van der Waals surface area contributed by atoms with E-state index in [1.807, 2.05) is 24.3 Å². The predicted octanol–water partition coefficient (Wildman–Crippen LogP) is 9.15. The molecule has 65 heavy (non-hydrogen) atoms. The molecule has 6 rings (SSSR count). The highest BCUT2D eigenvalue weighted by Crippen LogP contribution is 2.46. The van der Waals surface area contributed by atoms with Crippen molar-refractivity contribution >= 4 is 47.0 Å². The highest BCUT2D eigenvalue weighted by Gasteiger charge is 2.58. The predicted molar refractivity (Wildman–Crippen MR) is 248 cm³/mol. The van der Waals surface area contributed by atoms with Gasteiger partial charge in [-0.05, 0) is 97.7 Å². The van der Waals surface area contributed by atoms with Gasteiger partial charge in [-0.2, -0.15) is 0 Å². The van der Waals surface area contributed by atoms with E-state index in [1.54, 1.807) is 37.3 Å². The number of hydrogen-bond donors (Lipinski definition) is 3. The molecule has 344 valence electrons. The lowest BCUT2D eigenvalue weighted by Gasteiger charge is -2.31. The fraction of sp³-hybridized carbons (Fsp3) is 0.423. The lowest BCUT2D eigenvalue weighted by Crippen LogP contribution is -2.50. The summed E-state index contributed by atoms with van der Waals surface area (Å²) < 4.78 is 19.5. The van der Waals surface area contributed by atoms with Gasteiger partial charge >= 0.3 is 6.09 Å². The number of nitrogens with zero attached hydrogens (tertiary/aromatic N) is 2. The number of benzene rings is 4. The number of fused-ring (bicyclic) bond motifs is 2. The first-order valence-electron chi connectivity index (χ1n) is 23.1. The van der Waals surface area contributed by atoms with Gasteiger partial charge in [0.15, 0.2) is 0 Å². The number of nitrogens with one attached hydrogen (secondary N) is 3. The third kappa shape index (κ3) is 13.8. The van der Waals surface area contributed by atoms with Gasteiger partial charge in [-0.3, -0.25) is 24.0 Å². The first kappa shape index (κ1) is 48.1. The highest BCUT2D eigenvalue weighted by molar-refractivity contribution is 6.06. The van der Waals surface area contributed by atoms with Gasteiger partial charge in [0.25, 0.3) is 5.91 Å². The molecule has 12 nitrogen and oxygen atoms in total. The Balaban J connectivity index is 0.909. The molecular weight excluding hydrogens is 826 g/mol. The molecular formula is C52H62FN5O7. The number of aryl methyl sites for hydroxylation is 3. The molecule has 1 saturated heterocycles. The zero-order valence-electron chi connectivity index (χ0n) is 37.7. The fourth-order valence-electron chi connectivity index (χ4n) is 8.63. The first-order valence-corrected chi connectivity index (χ1v) is 23.1. The van der Waals surface area contributed by atoms with Crippen LogP contribution in [0, 0.1) is 5.82 Å². The smallest absolute Gasteiger partial charge is 0.418 e. The van der Waals surface area contributed by atoms with Crippen LogP contribution in [0.4, 0.5) is 20.6 Å². The Morgan fingerprint density at radius 1 is 0.723 bits per heavy atom. The van der Waals surface area contributed by atoms with Crippen LogP contribution in [0.15, 0.2) is 97.1 Å². The van der Waals surface area contributed by atoms with E-state index in [9.17, 15) is 33.2 Å². The summed E-state index contributed by atoms with van der Waals surface area (Å²) in [5, 5.41) is 8.59. The number of unbranched alkanes of at least 4 members (excludes halogenated alkanes) is 8. The number of ether oxygens (including phenoxy) is 1. The van der Waals surface area contributed by atoms with Crippen LogP contribution in [0.2, 0.25) is 0 Å². The van der Waals surface area contributed by atoms with Gasteiger partial charge in [0.1, 0.15) is 12.4 Å². The van der Waals surface area contributed by atoms with Crippen LogP contribution in [0.5, 0.6) is 0 Å². The molecule has 1 aliphatic carbocycles. The molecule has 6 amide bonds. The van der Waals surface area contributed by atoms with E-state index in [0.717, 1.165) is 41.7 Å². The zero-order valence-corrected chi connectivity index (χ0v) is 37.7. The van der Waals surface area contributed by atoms with E-state index >= 15 is 0 Å². The van der Waals surface area contributed by atoms with E-state index in [0.29, 0.717) is 41.8 Å². The van der Waals surface area contributed by atoms with Gasteiger partial charge in [-0.15, -0.1) is 0 Å². The maximum Gasteiger partial charge on any atom is 0.418 e. The molecule has 1 aliphatic heterocycles. The minimum absolute atomic E-state index is 0.00802. The van der Waals surface area contributed by atoms with E-state index in [1.165, 1.54) is 68.0 Å². The van der Waals surface area contributed by atoms with E-state index in [-0.39, 0.29) is 43.7 Å². The zero-order chi connectivity index (χ0) is 46.2. The highest BCUT2D eigenvalue weighted by atomic mass is 19.1. The summed E-state index contributed by atoms with van der Waals surface area (Å²) in [6.45, 7) is 2.67. The van der Waals surface area contributed by atoms with Crippen molar-refractivity contribution in [3.63, 3.8) is 0 Å². The summed E-state index contributed by atoms with van der Waals surface area (Å²) >= 11 is 0. The van der Waals surface area contributed by atoms with Crippen molar-refractivity contribution < 1.29 is 37.9 Å². The molecule has 0 radical (unpaired) electrons. The molecule has 3 N–H and O–H groups in total. The second-order valence-electron chi connectivity index (χ2n) is 17.4. The summed E-state index contributed by atoms with van der Waals surface area (Å²) in [6.07, 6.45) is 12.5. The van der Waals surface area contributed by atoms with Crippen molar-refractivity contribution in [2.45, 2.75) is 128 Å². The molecule has 1 fully saturated rings. The Hall–Kier alpha value is -6.37. The summed E-state index contributed by atoms with van der Waals surface area (Å²) in [6, 6.07) is 28.2. The van der Waals surface area contributed by atoms with Gasteiger partial charge in [0, 0.05) is 62.3 Å². The number of imide groups is 1. The lowest BCUT2D eigenvalue weighted by atomic mass is 9.94. The molecule has 1 heterocycles. The number of hydrogen-bond acceptors (Lipinski definition) is 7. The summed E-state index contributed by atoms with van der Waals surface area (Å²) in [5.74, 6) is -2.13. The van der Waals surface area contributed by atoms with Gasteiger partial charge in [-0.1, -0.05) is 106 Å². The summed E-state index contributed by atoms with van der Waals surface area (Å²) in [4.78, 5) is 80.6. The number of anilines is 2. The fourth-order valence-corrected chi connectivity index (χ4v) is 8.63. The standard InChI is InChI=1S/C52H62FN5O7/c1-37(34-54-47(60)30-23-40-21-26-44(27-22-40)56-48(61)18-14-9-7-5-3-4-6-8-11-15-39-16-12-10-13-17-39)57(35-41-19-24-43(53)25-20-41)49(62)36-58-50(63)52(65-51(58)64)32-31-42-33-45(55-38(2)59)28-29-46(42)52/h10,12-13,16-17,19-22,24-29,33,37H,3-9,11,14-15,18,23,30-32,34-36H2,1-2H3,(H,54,60)(H,55,59)(H,56,61)/t37-,52+/m0/s1. The lowest BCUT2D eigenvalue weighted by molar-refractivity contribution is -0.143. The molecule has 2 aliphatic rings. The van der Waals surface area contributed by atoms with Gasteiger partial charge in [0.2, 0.25) is 29.2 Å². The average molecular weight is 888 g/mol. The van der Waals surface area contributed by atoms with Gasteiger partial charge in [0.05, 0.1) is 0 Å². The van der Waals surface area contributed by atoms with E-state index < -0.39 is 41.9 Å². The number of carbonyl (C=O) groups is 6. The SMILES string of the molecule is CC(=O)Nc1ccc2c(c1)CC[C@@]21OC(=O)N(CC(=O)N(Cc2ccc(F)cc2)[C@@H](C)CNC(=O)CCc2ccc(NC(=O)CCCCCCCCCCCc3ccccc3)cc2)C1=O. The molecule has 0 bridgehead atoms. The van der Waals surface area contributed by atoms with Crippen molar-refractivity contribution in [1.82, 2.24) is 15.1 Å². The Morgan fingerprint density at radius 2 is 1.35 bits per heavy atom. The van der Waals surface area contributed by atoms with Crippen molar-refractivity contribution in [1.29, 1.82) is 0 Å². The molecule has 0 aromatic heterocycles. The quantitative estimate of drug-likeness (QED) is 0.0593. The summed E-state index contributed by atoms with van der Waals surface area (Å²) in [7, 11) is 0. The first-order chi connectivity index (χ1) is 31.4. The normalized spacial score (nSPS) is 15.6. The topological polar surface area (TPSA) is 154 Å².